The minimum atomic E-state index is -0.542. The molecule has 2 aromatic heterocycles. The van der Waals surface area contributed by atoms with Gasteiger partial charge in [-0.3, -0.25) is 9.36 Å². The lowest BCUT2D eigenvalue weighted by molar-refractivity contribution is 0.414. The maximum absolute atomic E-state index is 14.3. The van der Waals surface area contributed by atoms with Crippen molar-refractivity contribution in [1.29, 1.82) is 0 Å². The Balaban J connectivity index is 0.00000109. The molecule has 134 valence electrons. The summed E-state index contributed by atoms with van der Waals surface area (Å²) in [6.45, 7) is 7.37. The summed E-state index contributed by atoms with van der Waals surface area (Å²) in [7, 11) is 2.95. The fourth-order valence-electron chi connectivity index (χ4n) is 2.81. The Morgan fingerprint density at radius 3 is 2.36 bits per heavy atom. The van der Waals surface area contributed by atoms with E-state index in [1.54, 1.807) is 19.9 Å². The SMILES string of the molecule is CC.COc1c(C)c(=O)n(C)c2c1[nH]c(=O)n2-c1ccc(C)cc1F. The van der Waals surface area contributed by atoms with Crippen molar-refractivity contribution in [2.24, 2.45) is 7.05 Å². The van der Waals surface area contributed by atoms with Gasteiger partial charge in [0.25, 0.3) is 5.56 Å². The van der Waals surface area contributed by atoms with Crippen LogP contribution < -0.4 is 16.0 Å². The van der Waals surface area contributed by atoms with Gasteiger partial charge in [-0.15, -0.1) is 0 Å². The first-order valence-electron chi connectivity index (χ1n) is 8.01. The van der Waals surface area contributed by atoms with E-state index in [0.717, 1.165) is 10.1 Å². The molecular formula is C18H22FN3O3. The van der Waals surface area contributed by atoms with E-state index in [1.807, 2.05) is 13.8 Å². The van der Waals surface area contributed by atoms with Crippen molar-refractivity contribution in [2.75, 3.05) is 7.11 Å². The number of pyridine rings is 1. The number of rotatable bonds is 2. The van der Waals surface area contributed by atoms with Gasteiger partial charge >= 0.3 is 5.69 Å². The third-order valence-corrected chi connectivity index (χ3v) is 3.93. The largest absolute Gasteiger partial charge is 0.494 e. The first-order chi connectivity index (χ1) is 11.9. The summed E-state index contributed by atoms with van der Waals surface area (Å²) in [4.78, 5) is 27.4. The van der Waals surface area contributed by atoms with E-state index in [4.69, 9.17) is 4.74 Å². The van der Waals surface area contributed by atoms with Gasteiger partial charge in [0.1, 0.15) is 11.3 Å². The van der Waals surface area contributed by atoms with Crippen LogP contribution >= 0.6 is 0 Å². The van der Waals surface area contributed by atoms with Crippen LogP contribution in [0.5, 0.6) is 5.75 Å². The van der Waals surface area contributed by atoms with Crippen LogP contribution in [0, 0.1) is 19.7 Å². The Hall–Kier alpha value is -2.83. The van der Waals surface area contributed by atoms with Crippen LogP contribution in [0.25, 0.3) is 16.9 Å². The van der Waals surface area contributed by atoms with Crippen molar-refractivity contribution in [3.63, 3.8) is 0 Å². The molecular weight excluding hydrogens is 325 g/mol. The van der Waals surface area contributed by atoms with Gasteiger partial charge in [0.15, 0.2) is 11.4 Å². The molecule has 0 aliphatic rings. The molecule has 3 rings (SSSR count). The number of methoxy groups -OCH3 is 1. The minimum absolute atomic E-state index is 0.0766. The first kappa shape index (κ1) is 18.5. The second-order valence-electron chi connectivity index (χ2n) is 5.44. The second kappa shape index (κ2) is 6.96. The quantitative estimate of drug-likeness (QED) is 0.775. The smallest absolute Gasteiger partial charge is 0.332 e. The number of nitrogens with one attached hydrogen (secondary N) is 1. The molecule has 0 unspecified atom stereocenters. The molecule has 0 saturated carbocycles. The first-order valence-corrected chi connectivity index (χ1v) is 8.01. The summed E-state index contributed by atoms with van der Waals surface area (Å²) in [5, 5.41) is 0. The fraction of sp³-hybridized carbons (Fsp3) is 0.333. The average molecular weight is 347 g/mol. The van der Waals surface area contributed by atoms with Crippen LogP contribution in [0.15, 0.2) is 27.8 Å². The molecule has 7 heteroatoms. The number of hydrogen-bond acceptors (Lipinski definition) is 3. The van der Waals surface area contributed by atoms with E-state index in [2.05, 4.69) is 4.98 Å². The lowest BCUT2D eigenvalue weighted by atomic mass is 10.2. The zero-order valence-corrected chi connectivity index (χ0v) is 15.2. The van der Waals surface area contributed by atoms with Crippen LogP contribution in [0.4, 0.5) is 4.39 Å². The van der Waals surface area contributed by atoms with Crippen molar-refractivity contribution in [3.05, 3.63) is 56.0 Å². The Kier molecular flexibility index (Phi) is 5.15. The lowest BCUT2D eigenvalue weighted by Gasteiger charge is -2.11. The third kappa shape index (κ3) is 2.86. The third-order valence-electron chi connectivity index (χ3n) is 3.93. The van der Waals surface area contributed by atoms with Crippen LogP contribution in [0.1, 0.15) is 25.0 Å². The predicted octanol–water partition coefficient (Wildman–Crippen LogP) is 2.81. The van der Waals surface area contributed by atoms with Crippen molar-refractivity contribution in [1.82, 2.24) is 14.1 Å². The summed E-state index contributed by atoms with van der Waals surface area (Å²) in [5.74, 6) is -0.258. The van der Waals surface area contributed by atoms with Crippen molar-refractivity contribution >= 4 is 11.2 Å². The highest BCUT2D eigenvalue weighted by molar-refractivity contribution is 5.81. The monoisotopic (exact) mass is 347 g/mol. The van der Waals surface area contributed by atoms with Gasteiger partial charge in [-0.1, -0.05) is 19.9 Å². The molecule has 0 aliphatic carbocycles. The van der Waals surface area contributed by atoms with Gasteiger partial charge in [0.05, 0.1) is 18.4 Å². The van der Waals surface area contributed by atoms with Crippen LogP contribution in [-0.2, 0) is 7.05 Å². The predicted molar refractivity (Wildman–Crippen MR) is 96.5 cm³/mol. The zero-order valence-electron chi connectivity index (χ0n) is 15.2. The van der Waals surface area contributed by atoms with E-state index in [0.29, 0.717) is 11.1 Å². The molecule has 1 N–H and O–H groups in total. The number of nitrogens with zero attached hydrogens (tertiary/aromatic N) is 2. The molecule has 0 saturated heterocycles. The molecule has 0 spiro atoms. The molecule has 0 fully saturated rings. The summed E-state index contributed by atoms with van der Waals surface area (Å²) >= 11 is 0. The minimum Gasteiger partial charge on any atom is -0.494 e. The van der Waals surface area contributed by atoms with Crippen LogP contribution in [0.3, 0.4) is 0 Å². The highest BCUT2D eigenvalue weighted by atomic mass is 19.1. The number of H-pyrrole nitrogens is 1. The van der Waals surface area contributed by atoms with Crippen molar-refractivity contribution in [2.45, 2.75) is 27.7 Å². The maximum atomic E-state index is 14.3. The van der Waals surface area contributed by atoms with Crippen molar-refractivity contribution < 1.29 is 9.13 Å². The van der Waals surface area contributed by atoms with E-state index >= 15 is 0 Å². The summed E-state index contributed by atoms with van der Waals surface area (Å²) in [5.41, 5.74) is 0.952. The fourth-order valence-corrected chi connectivity index (χ4v) is 2.81. The zero-order chi connectivity index (χ0) is 18.9. The highest BCUT2D eigenvalue weighted by Gasteiger charge is 2.21. The number of benzene rings is 1. The molecule has 6 nitrogen and oxygen atoms in total. The molecule has 0 amide bonds. The number of halogens is 1. The molecule has 3 aromatic rings. The van der Waals surface area contributed by atoms with E-state index in [9.17, 15) is 14.0 Å². The number of imidazole rings is 1. The topological polar surface area (TPSA) is 69.0 Å². The number of aromatic nitrogens is 3. The second-order valence-corrected chi connectivity index (χ2v) is 5.44. The molecule has 0 atom stereocenters. The van der Waals surface area contributed by atoms with Gasteiger partial charge in [-0.25, -0.2) is 13.8 Å². The molecule has 0 bridgehead atoms. The Morgan fingerprint density at radius 1 is 1.16 bits per heavy atom. The Morgan fingerprint density at radius 2 is 1.80 bits per heavy atom. The molecule has 2 heterocycles. The number of aromatic amines is 1. The number of aryl methyl sites for hydroxylation is 2. The summed E-state index contributed by atoms with van der Waals surface area (Å²) < 4.78 is 22.0. The summed E-state index contributed by atoms with van der Waals surface area (Å²) in [6, 6.07) is 4.55. The number of ether oxygens (including phenoxy) is 1. The van der Waals surface area contributed by atoms with E-state index < -0.39 is 11.5 Å². The van der Waals surface area contributed by atoms with E-state index in [-0.39, 0.29) is 22.6 Å². The van der Waals surface area contributed by atoms with E-state index in [1.165, 1.54) is 30.9 Å². The van der Waals surface area contributed by atoms with Gasteiger partial charge in [0, 0.05) is 7.05 Å². The van der Waals surface area contributed by atoms with Gasteiger partial charge in [0.2, 0.25) is 0 Å². The normalized spacial score (nSPS) is 10.5. The molecule has 0 radical (unpaired) electrons. The van der Waals surface area contributed by atoms with Crippen LogP contribution in [0.2, 0.25) is 0 Å². The lowest BCUT2D eigenvalue weighted by Crippen LogP contribution is -2.24. The standard InChI is InChI=1S/C16H16FN3O3.C2H6/c1-8-5-6-11(10(17)7-8)20-14-12(18-16(20)22)13(23-4)9(2)15(21)19(14)3;1-2/h5-7H,1-4H3,(H,18,22);1-2H3. The molecule has 25 heavy (non-hydrogen) atoms. The Labute approximate surface area is 144 Å². The number of hydrogen-bond donors (Lipinski definition) is 1. The Bertz CT molecular complexity index is 1040. The molecule has 1 aromatic carbocycles. The maximum Gasteiger partial charge on any atom is 0.332 e. The van der Waals surface area contributed by atoms with Gasteiger partial charge in [-0.05, 0) is 31.5 Å². The van der Waals surface area contributed by atoms with Crippen LogP contribution in [-0.4, -0.2) is 21.2 Å². The van der Waals surface area contributed by atoms with Gasteiger partial charge < -0.3 is 9.72 Å². The average Bonchev–Trinajstić information content (AvgIpc) is 2.92. The molecule has 0 aliphatic heterocycles. The van der Waals surface area contributed by atoms with Gasteiger partial charge in [-0.2, -0.15) is 0 Å². The number of fused-ring (bicyclic) bond motifs is 1. The summed E-state index contributed by atoms with van der Waals surface area (Å²) in [6.07, 6.45) is 0. The van der Waals surface area contributed by atoms with Crippen molar-refractivity contribution in [3.8, 4) is 11.4 Å². The highest BCUT2D eigenvalue weighted by Crippen LogP contribution is 2.26.